The van der Waals surface area contributed by atoms with Crippen LogP contribution < -0.4 is 10.1 Å². The summed E-state index contributed by atoms with van der Waals surface area (Å²) in [5.74, 6) is -0.307. The van der Waals surface area contributed by atoms with Crippen molar-refractivity contribution in [2.45, 2.75) is 0 Å². The third kappa shape index (κ3) is 3.84. The summed E-state index contributed by atoms with van der Waals surface area (Å²) in [6.45, 7) is 0.0431. The Morgan fingerprint density at radius 2 is 1.93 bits per heavy atom. The number of methoxy groups -OCH3 is 2. The second-order valence-electron chi connectivity index (χ2n) is 6.20. The Balaban J connectivity index is 1.93. The zero-order valence-electron chi connectivity index (χ0n) is 15.8. The van der Waals surface area contributed by atoms with Crippen LogP contribution in [0.4, 0.5) is 5.69 Å². The fourth-order valence-corrected chi connectivity index (χ4v) is 3.12. The van der Waals surface area contributed by atoms with E-state index in [0.717, 1.165) is 11.1 Å². The van der Waals surface area contributed by atoms with Crippen molar-refractivity contribution in [1.82, 2.24) is 4.90 Å². The quantitative estimate of drug-likeness (QED) is 0.713. The molecule has 2 aromatic carbocycles. The molecule has 1 amide bonds. The molecule has 3 rings (SSSR count). The molecular formula is C21H22N2O5. The number of carbonyl (C=O) groups is 2. The number of nitrogens with one attached hydrogen (secondary N) is 1. The largest absolute Gasteiger partial charge is 0.496 e. The van der Waals surface area contributed by atoms with Gasteiger partial charge in [-0.3, -0.25) is 4.79 Å². The van der Waals surface area contributed by atoms with E-state index in [1.165, 1.54) is 12.0 Å². The summed E-state index contributed by atoms with van der Waals surface area (Å²) in [5, 5.41) is 12.2. The van der Waals surface area contributed by atoms with Gasteiger partial charge in [0.1, 0.15) is 11.4 Å². The third-order valence-electron chi connectivity index (χ3n) is 4.51. The van der Waals surface area contributed by atoms with Gasteiger partial charge in [-0.2, -0.15) is 0 Å². The lowest BCUT2D eigenvalue weighted by Crippen LogP contribution is -2.31. The third-order valence-corrected chi connectivity index (χ3v) is 4.51. The smallest absolute Gasteiger partial charge is 0.337 e. The number of nitrogens with zero attached hydrogens (tertiary/aromatic N) is 1. The van der Waals surface area contributed by atoms with Crippen LogP contribution in [0.1, 0.15) is 0 Å². The Morgan fingerprint density at radius 3 is 2.57 bits per heavy atom. The van der Waals surface area contributed by atoms with Gasteiger partial charge < -0.3 is 24.8 Å². The zero-order valence-corrected chi connectivity index (χ0v) is 15.8. The number of β-amino-alcohol motifs (C(OH)–C–C–N with tert-alkyl or cyclic N) is 1. The van der Waals surface area contributed by atoms with Crippen molar-refractivity contribution >= 4 is 17.6 Å². The van der Waals surface area contributed by atoms with E-state index in [1.54, 1.807) is 13.2 Å². The monoisotopic (exact) mass is 382 g/mol. The number of hydrogen-bond donors (Lipinski definition) is 2. The number of aliphatic hydroxyl groups excluding tert-OH is 1. The van der Waals surface area contributed by atoms with Crippen molar-refractivity contribution in [1.29, 1.82) is 0 Å². The second kappa shape index (κ2) is 8.58. The summed E-state index contributed by atoms with van der Waals surface area (Å²) in [6.07, 6.45) is 0. The van der Waals surface area contributed by atoms with Gasteiger partial charge in [-0.1, -0.05) is 30.3 Å². The molecule has 1 aliphatic heterocycles. The molecule has 0 saturated heterocycles. The number of rotatable bonds is 7. The number of amides is 1. The molecule has 2 aromatic rings. The van der Waals surface area contributed by atoms with Gasteiger partial charge in [-0.05, 0) is 17.7 Å². The fourth-order valence-electron chi connectivity index (χ4n) is 3.12. The standard InChI is InChI=1S/C21H22N2O5/c1-27-18-12-15(8-9-16(18)14-6-4-3-5-7-14)22-19-17(21(26)28-2)13-23(10-11-24)20(19)25/h3-9,12,22,24H,10-11,13H2,1-2H3. The van der Waals surface area contributed by atoms with Crippen molar-refractivity contribution in [2.24, 2.45) is 0 Å². The number of esters is 1. The van der Waals surface area contributed by atoms with E-state index < -0.39 is 5.97 Å². The molecule has 28 heavy (non-hydrogen) atoms. The molecule has 0 saturated carbocycles. The van der Waals surface area contributed by atoms with Crippen LogP contribution in [0.2, 0.25) is 0 Å². The minimum atomic E-state index is -0.579. The average molecular weight is 382 g/mol. The molecule has 0 aliphatic carbocycles. The molecule has 1 heterocycles. The van der Waals surface area contributed by atoms with Crippen molar-refractivity contribution in [3.8, 4) is 16.9 Å². The van der Waals surface area contributed by atoms with Crippen molar-refractivity contribution < 1.29 is 24.2 Å². The van der Waals surface area contributed by atoms with Crippen LogP contribution in [-0.2, 0) is 14.3 Å². The summed E-state index contributed by atoms with van der Waals surface area (Å²) >= 11 is 0. The Hall–Kier alpha value is -3.32. The molecule has 0 aromatic heterocycles. The van der Waals surface area contributed by atoms with Crippen molar-refractivity contribution in [2.75, 3.05) is 39.2 Å². The van der Waals surface area contributed by atoms with Gasteiger partial charge in [0, 0.05) is 23.9 Å². The maximum Gasteiger partial charge on any atom is 0.337 e. The maximum atomic E-state index is 12.6. The molecule has 7 heteroatoms. The van der Waals surface area contributed by atoms with E-state index >= 15 is 0 Å². The highest BCUT2D eigenvalue weighted by Crippen LogP contribution is 2.33. The van der Waals surface area contributed by atoms with E-state index in [4.69, 9.17) is 14.6 Å². The first kappa shape index (κ1) is 19.4. The van der Waals surface area contributed by atoms with E-state index in [-0.39, 0.29) is 36.9 Å². The Kier molecular flexibility index (Phi) is 5.96. The summed E-state index contributed by atoms with van der Waals surface area (Å²) in [4.78, 5) is 26.1. The van der Waals surface area contributed by atoms with E-state index in [2.05, 4.69) is 5.32 Å². The van der Waals surface area contributed by atoms with Crippen LogP contribution in [0.15, 0.2) is 59.8 Å². The lowest BCUT2D eigenvalue weighted by atomic mass is 10.0. The van der Waals surface area contributed by atoms with Crippen LogP contribution in [0, 0.1) is 0 Å². The van der Waals surface area contributed by atoms with Crippen LogP contribution in [0.5, 0.6) is 5.75 Å². The highest BCUT2D eigenvalue weighted by Gasteiger charge is 2.34. The minimum Gasteiger partial charge on any atom is -0.496 e. The van der Waals surface area contributed by atoms with Gasteiger partial charge in [0.05, 0.1) is 32.9 Å². The highest BCUT2D eigenvalue weighted by atomic mass is 16.5. The molecule has 1 aliphatic rings. The van der Waals surface area contributed by atoms with Crippen LogP contribution >= 0.6 is 0 Å². The number of hydrogen-bond acceptors (Lipinski definition) is 6. The van der Waals surface area contributed by atoms with E-state index in [1.807, 2.05) is 42.5 Å². The molecule has 2 N–H and O–H groups in total. The van der Waals surface area contributed by atoms with Gasteiger partial charge in [0.15, 0.2) is 0 Å². The maximum absolute atomic E-state index is 12.6. The molecule has 0 fully saturated rings. The lowest BCUT2D eigenvalue weighted by Gasteiger charge is -2.16. The first-order valence-electron chi connectivity index (χ1n) is 8.81. The average Bonchev–Trinajstić information content (AvgIpc) is 3.04. The van der Waals surface area contributed by atoms with Gasteiger partial charge >= 0.3 is 5.97 Å². The first-order valence-corrected chi connectivity index (χ1v) is 8.81. The first-order chi connectivity index (χ1) is 13.6. The SMILES string of the molecule is COC(=O)C1=C(Nc2ccc(-c3ccccc3)c(OC)c2)C(=O)N(CCO)C1. The number of ether oxygens (including phenoxy) is 2. The number of anilines is 1. The zero-order chi connectivity index (χ0) is 20.1. The van der Waals surface area contributed by atoms with Crippen molar-refractivity contribution in [3.63, 3.8) is 0 Å². The Labute approximate surface area is 163 Å². The minimum absolute atomic E-state index is 0.0909. The molecule has 0 radical (unpaired) electrons. The van der Waals surface area contributed by atoms with Crippen molar-refractivity contribution in [3.05, 3.63) is 59.8 Å². The van der Waals surface area contributed by atoms with Gasteiger partial charge in [0.2, 0.25) is 0 Å². The predicted octanol–water partition coefficient (Wildman–Crippen LogP) is 2.04. The predicted molar refractivity (Wildman–Crippen MR) is 105 cm³/mol. The van der Waals surface area contributed by atoms with E-state index in [9.17, 15) is 9.59 Å². The topological polar surface area (TPSA) is 88.1 Å². The fraction of sp³-hybridized carbons (Fsp3) is 0.238. The normalized spacial score (nSPS) is 13.7. The van der Waals surface area contributed by atoms with Crippen LogP contribution in [0.3, 0.4) is 0 Å². The molecule has 0 atom stereocenters. The lowest BCUT2D eigenvalue weighted by molar-refractivity contribution is -0.136. The molecule has 7 nitrogen and oxygen atoms in total. The van der Waals surface area contributed by atoms with Crippen LogP contribution in [-0.4, -0.2) is 55.8 Å². The summed E-state index contributed by atoms with van der Waals surface area (Å²) in [5.41, 5.74) is 2.90. The van der Waals surface area contributed by atoms with Gasteiger partial charge in [-0.25, -0.2) is 4.79 Å². The number of benzene rings is 2. The molecule has 0 spiro atoms. The summed E-state index contributed by atoms with van der Waals surface area (Å²) < 4.78 is 10.3. The van der Waals surface area contributed by atoms with Gasteiger partial charge in [0.25, 0.3) is 5.91 Å². The van der Waals surface area contributed by atoms with Gasteiger partial charge in [-0.15, -0.1) is 0 Å². The summed E-state index contributed by atoms with van der Waals surface area (Å²) in [7, 11) is 2.85. The number of aliphatic hydroxyl groups is 1. The van der Waals surface area contributed by atoms with Crippen LogP contribution in [0.25, 0.3) is 11.1 Å². The Bertz CT molecular complexity index is 908. The molecule has 146 valence electrons. The molecule has 0 bridgehead atoms. The second-order valence-corrected chi connectivity index (χ2v) is 6.20. The highest BCUT2D eigenvalue weighted by molar-refractivity contribution is 6.08. The van der Waals surface area contributed by atoms with E-state index in [0.29, 0.717) is 11.4 Å². The molecular weight excluding hydrogens is 360 g/mol. The number of carbonyl (C=O) groups excluding carboxylic acids is 2. The molecule has 0 unspecified atom stereocenters. The Morgan fingerprint density at radius 1 is 1.18 bits per heavy atom. The summed E-state index contributed by atoms with van der Waals surface area (Å²) in [6, 6.07) is 15.3.